The molecule has 0 aliphatic carbocycles. The molecule has 15 heteroatoms. The largest absolute Gasteiger partial charge is 0.507 e. The predicted octanol–water partition coefficient (Wildman–Crippen LogP) is 6.21. The number of phenols is 2. The van der Waals surface area contributed by atoms with Gasteiger partial charge in [0.05, 0.1) is 22.7 Å². The number of anilines is 2. The van der Waals surface area contributed by atoms with Crippen LogP contribution in [0.5, 0.6) is 11.5 Å². The van der Waals surface area contributed by atoms with Crippen molar-refractivity contribution in [2.75, 3.05) is 10.6 Å². The summed E-state index contributed by atoms with van der Waals surface area (Å²) in [5.74, 6) is -3.31. The standard InChI is InChI=1S/C27H20N6O7.2Li/c34-23-11-9-19(13-21(23)25(36)37)32-30-17-5-1-15(2-6-17)28-27(40)29-16-3-7-18(8-4-16)31-33-20-10-12-24(35)22(14-20)26(38)39;;/h1-14,34-35H,(H,36,37)(H,38,39)(H2,28,29,40);;. The molecule has 0 heterocycles. The van der Waals surface area contributed by atoms with Crippen LogP contribution in [0.1, 0.15) is 20.7 Å². The Morgan fingerprint density at radius 3 is 1.14 bits per heavy atom. The number of aromatic carboxylic acids is 2. The van der Waals surface area contributed by atoms with E-state index in [1.165, 1.54) is 36.4 Å². The number of carboxylic acids is 2. The van der Waals surface area contributed by atoms with Crippen molar-refractivity contribution in [2.45, 2.75) is 0 Å². The number of carbonyl (C=O) groups excluding carboxylic acids is 1. The summed E-state index contributed by atoms with van der Waals surface area (Å²) in [6.07, 6.45) is 0. The molecule has 0 aromatic heterocycles. The first kappa shape index (κ1) is 33.3. The van der Waals surface area contributed by atoms with Gasteiger partial charge in [-0.15, -0.1) is 0 Å². The number of amides is 2. The second-order valence-corrected chi connectivity index (χ2v) is 8.09. The van der Waals surface area contributed by atoms with Crippen molar-refractivity contribution in [1.82, 2.24) is 0 Å². The van der Waals surface area contributed by atoms with E-state index in [0.717, 1.165) is 0 Å². The number of aromatic hydroxyl groups is 2. The van der Waals surface area contributed by atoms with Crippen molar-refractivity contribution in [3.63, 3.8) is 0 Å². The number of hydrogen-bond donors (Lipinski definition) is 6. The molecule has 0 spiro atoms. The first-order chi connectivity index (χ1) is 19.2. The van der Waals surface area contributed by atoms with Gasteiger partial charge in [-0.1, -0.05) is 0 Å². The van der Waals surface area contributed by atoms with Gasteiger partial charge < -0.3 is 31.1 Å². The van der Waals surface area contributed by atoms with E-state index in [9.17, 15) is 24.6 Å². The van der Waals surface area contributed by atoms with Crippen molar-refractivity contribution >= 4 is 89.8 Å². The van der Waals surface area contributed by atoms with E-state index in [1.807, 2.05) is 0 Å². The number of carboxylic acid groups (broad SMARTS) is 2. The molecule has 4 aromatic rings. The van der Waals surface area contributed by atoms with Crippen LogP contribution < -0.4 is 10.6 Å². The maximum atomic E-state index is 12.4. The molecule has 0 aliphatic rings. The van der Waals surface area contributed by atoms with Crippen LogP contribution in [-0.2, 0) is 0 Å². The minimum absolute atomic E-state index is 0. The third-order valence-electron chi connectivity index (χ3n) is 5.23. The first-order valence-corrected chi connectivity index (χ1v) is 11.4. The number of rotatable bonds is 8. The summed E-state index contributed by atoms with van der Waals surface area (Å²) >= 11 is 0. The molecule has 0 aliphatic heterocycles. The summed E-state index contributed by atoms with van der Waals surface area (Å²) in [5.41, 5.74) is 1.79. The Labute approximate surface area is 262 Å². The molecule has 0 saturated heterocycles. The van der Waals surface area contributed by atoms with Gasteiger partial charge in [0, 0.05) is 49.1 Å². The number of benzene rings is 4. The summed E-state index contributed by atoms with van der Waals surface area (Å²) in [6, 6.07) is 20.0. The van der Waals surface area contributed by atoms with Crippen LogP contribution >= 0.6 is 0 Å². The molecule has 0 saturated carbocycles. The monoisotopic (exact) mass is 554 g/mol. The minimum Gasteiger partial charge on any atom is -0.507 e. The summed E-state index contributed by atoms with van der Waals surface area (Å²) in [4.78, 5) is 34.6. The van der Waals surface area contributed by atoms with Crippen LogP contribution in [-0.4, -0.2) is 76.1 Å². The van der Waals surface area contributed by atoms with Crippen LogP contribution in [0.4, 0.5) is 38.9 Å². The summed E-state index contributed by atoms with van der Waals surface area (Å²) in [6.45, 7) is 0. The van der Waals surface area contributed by atoms with Gasteiger partial charge >= 0.3 is 18.0 Å². The fourth-order valence-corrected chi connectivity index (χ4v) is 3.26. The Balaban J connectivity index is 0.00000308. The number of carbonyl (C=O) groups is 3. The molecule has 0 fully saturated rings. The van der Waals surface area contributed by atoms with Gasteiger partial charge in [-0.25, -0.2) is 14.4 Å². The SMILES string of the molecule is O=C(Nc1ccc(N=Nc2ccc(O)c(C(=O)O)c2)cc1)Nc1ccc(N=Nc2ccc(O)c(C(=O)O)c2)cc1.[Li].[Li]. The molecular weight excluding hydrogens is 534 g/mol. The van der Waals surface area contributed by atoms with E-state index in [1.54, 1.807) is 48.5 Å². The molecule has 4 rings (SSSR count). The summed E-state index contributed by atoms with van der Waals surface area (Å²) < 4.78 is 0. The van der Waals surface area contributed by atoms with E-state index in [0.29, 0.717) is 22.7 Å². The maximum absolute atomic E-state index is 12.4. The van der Waals surface area contributed by atoms with Crippen molar-refractivity contribution in [1.29, 1.82) is 0 Å². The topological polar surface area (TPSA) is 206 Å². The third kappa shape index (κ3) is 9.06. The zero-order valence-corrected chi connectivity index (χ0v) is 22.4. The average Bonchev–Trinajstić information content (AvgIpc) is 2.93. The molecule has 42 heavy (non-hydrogen) atoms. The zero-order valence-electron chi connectivity index (χ0n) is 22.4. The molecule has 0 unspecified atom stereocenters. The van der Waals surface area contributed by atoms with Crippen molar-refractivity contribution in [2.24, 2.45) is 20.5 Å². The van der Waals surface area contributed by atoms with Crippen LogP contribution in [0.3, 0.4) is 0 Å². The summed E-state index contributed by atoms with van der Waals surface area (Å²) in [5, 5.41) is 58.6. The van der Waals surface area contributed by atoms with Crippen LogP contribution in [0.25, 0.3) is 0 Å². The third-order valence-corrected chi connectivity index (χ3v) is 5.23. The van der Waals surface area contributed by atoms with E-state index in [2.05, 4.69) is 31.1 Å². The van der Waals surface area contributed by atoms with Gasteiger partial charge in [-0.3, -0.25) is 0 Å². The van der Waals surface area contributed by atoms with E-state index < -0.39 is 18.0 Å². The quantitative estimate of drug-likeness (QED) is 0.110. The molecule has 2 radical (unpaired) electrons. The molecule has 0 bridgehead atoms. The van der Waals surface area contributed by atoms with Crippen molar-refractivity contribution in [3.05, 3.63) is 96.1 Å². The number of hydrogen-bond acceptors (Lipinski definition) is 9. The second kappa shape index (κ2) is 15.2. The molecule has 4 aromatic carbocycles. The predicted molar refractivity (Wildman–Crippen MR) is 156 cm³/mol. The van der Waals surface area contributed by atoms with E-state index in [-0.39, 0.29) is 71.7 Å². The van der Waals surface area contributed by atoms with Crippen LogP contribution in [0, 0.1) is 0 Å². The Kier molecular flexibility index (Phi) is 12.0. The Morgan fingerprint density at radius 1 is 0.500 bits per heavy atom. The molecule has 0 atom stereocenters. The van der Waals surface area contributed by atoms with Gasteiger partial charge in [0.25, 0.3) is 0 Å². The van der Waals surface area contributed by atoms with Crippen molar-refractivity contribution < 1.29 is 34.8 Å². The maximum Gasteiger partial charge on any atom is 0.339 e. The van der Waals surface area contributed by atoms with Gasteiger partial charge in [0.15, 0.2) is 0 Å². The van der Waals surface area contributed by atoms with Gasteiger partial charge in [-0.05, 0) is 84.9 Å². The number of urea groups is 1. The number of nitrogens with zero attached hydrogens (tertiary/aromatic N) is 4. The smallest absolute Gasteiger partial charge is 0.339 e. The van der Waals surface area contributed by atoms with E-state index >= 15 is 0 Å². The molecular formula is C27H20Li2N6O7. The van der Waals surface area contributed by atoms with Gasteiger partial charge in [0.2, 0.25) is 0 Å². The van der Waals surface area contributed by atoms with Crippen LogP contribution in [0.15, 0.2) is 105 Å². The van der Waals surface area contributed by atoms with Crippen molar-refractivity contribution in [3.8, 4) is 11.5 Å². The average molecular weight is 554 g/mol. The molecule has 6 N–H and O–H groups in total. The fourth-order valence-electron chi connectivity index (χ4n) is 3.26. The zero-order chi connectivity index (χ0) is 28.6. The van der Waals surface area contributed by atoms with Crippen LogP contribution in [0.2, 0.25) is 0 Å². The molecule has 2 amide bonds. The second-order valence-electron chi connectivity index (χ2n) is 8.09. The molecule has 202 valence electrons. The van der Waals surface area contributed by atoms with Gasteiger partial charge in [-0.2, -0.15) is 20.5 Å². The Morgan fingerprint density at radius 2 is 0.810 bits per heavy atom. The number of azo groups is 2. The fraction of sp³-hybridized carbons (Fsp3) is 0. The normalized spacial score (nSPS) is 10.5. The minimum atomic E-state index is -1.28. The van der Waals surface area contributed by atoms with E-state index in [4.69, 9.17) is 10.2 Å². The Hall–Kier alpha value is -4.92. The number of nitrogens with one attached hydrogen (secondary N) is 2. The first-order valence-electron chi connectivity index (χ1n) is 11.4. The molecule has 13 nitrogen and oxygen atoms in total. The summed E-state index contributed by atoms with van der Waals surface area (Å²) in [7, 11) is 0. The van der Waals surface area contributed by atoms with Gasteiger partial charge in [0.1, 0.15) is 22.6 Å². The Bertz CT molecular complexity index is 1530.